The topological polar surface area (TPSA) is 50.8 Å². The molecule has 1 spiro atoms. The van der Waals surface area contributed by atoms with Gasteiger partial charge in [0.2, 0.25) is 0 Å². The van der Waals surface area contributed by atoms with E-state index < -0.39 is 0 Å². The Kier molecular flexibility index (Phi) is 3.47. The van der Waals surface area contributed by atoms with E-state index >= 15 is 0 Å². The van der Waals surface area contributed by atoms with Gasteiger partial charge in [0, 0.05) is 13.2 Å². The Morgan fingerprint density at radius 2 is 2.20 bits per heavy atom. The van der Waals surface area contributed by atoms with Crippen molar-refractivity contribution in [1.29, 1.82) is 0 Å². The van der Waals surface area contributed by atoms with Gasteiger partial charge in [-0.2, -0.15) is 0 Å². The molecule has 2 heterocycles. The summed E-state index contributed by atoms with van der Waals surface area (Å²) in [4.78, 5) is 6.99. The van der Waals surface area contributed by atoms with E-state index in [0.29, 0.717) is 17.4 Å². The van der Waals surface area contributed by atoms with Crippen LogP contribution in [0.4, 0.5) is 0 Å². The average molecular weight is 279 g/mol. The lowest BCUT2D eigenvalue weighted by Crippen LogP contribution is -2.60. The van der Waals surface area contributed by atoms with Gasteiger partial charge >= 0.3 is 0 Å². The first kappa shape index (κ1) is 14.2. The molecule has 0 radical (unpaired) electrons. The van der Waals surface area contributed by atoms with Crippen molar-refractivity contribution in [2.24, 2.45) is 22.1 Å². The molecule has 0 bridgehead atoms. The standard InChI is InChI=1S/C16H29N3O/c1-12-9-15(2,3)6-7-16(12)11-18-14(17)19(16)10-13-5-4-8-20-13/h12-13H,4-11H2,1-3H3,(H2,17,18). The second-order valence-corrected chi connectivity index (χ2v) is 7.79. The minimum atomic E-state index is 0.158. The molecule has 4 nitrogen and oxygen atoms in total. The summed E-state index contributed by atoms with van der Waals surface area (Å²) < 4.78 is 5.82. The molecule has 114 valence electrons. The van der Waals surface area contributed by atoms with Crippen LogP contribution in [0.25, 0.3) is 0 Å². The maximum atomic E-state index is 6.21. The first-order valence-corrected chi connectivity index (χ1v) is 8.12. The number of rotatable bonds is 2. The summed E-state index contributed by atoms with van der Waals surface area (Å²) in [7, 11) is 0. The molecule has 4 heteroatoms. The first-order valence-electron chi connectivity index (χ1n) is 8.12. The molecule has 1 aliphatic carbocycles. The lowest BCUT2D eigenvalue weighted by molar-refractivity contribution is 0.00107. The Bertz CT molecular complexity index is 401. The molecular formula is C16H29N3O. The molecule has 0 aromatic rings. The van der Waals surface area contributed by atoms with Gasteiger partial charge < -0.3 is 15.4 Å². The van der Waals surface area contributed by atoms with E-state index in [0.717, 1.165) is 25.7 Å². The fraction of sp³-hybridized carbons (Fsp3) is 0.938. The Labute approximate surface area is 122 Å². The number of hydrogen-bond donors (Lipinski definition) is 1. The van der Waals surface area contributed by atoms with E-state index in [1.807, 2.05) is 0 Å². The predicted molar refractivity (Wildman–Crippen MR) is 81.7 cm³/mol. The molecule has 3 atom stereocenters. The normalized spacial score (nSPS) is 40.4. The number of hydrogen-bond acceptors (Lipinski definition) is 4. The third kappa shape index (κ3) is 2.32. The lowest BCUT2D eigenvalue weighted by atomic mass is 9.63. The highest BCUT2D eigenvalue weighted by Gasteiger charge is 2.51. The third-order valence-electron chi connectivity index (χ3n) is 5.75. The highest BCUT2D eigenvalue weighted by molar-refractivity contribution is 5.81. The van der Waals surface area contributed by atoms with Crippen molar-refractivity contribution in [2.75, 3.05) is 19.7 Å². The van der Waals surface area contributed by atoms with Crippen molar-refractivity contribution in [3.8, 4) is 0 Å². The molecule has 1 saturated carbocycles. The number of nitrogens with two attached hydrogens (primary N) is 1. The molecule has 20 heavy (non-hydrogen) atoms. The van der Waals surface area contributed by atoms with Crippen LogP contribution in [0, 0.1) is 11.3 Å². The van der Waals surface area contributed by atoms with Crippen LogP contribution in [0.3, 0.4) is 0 Å². The van der Waals surface area contributed by atoms with E-state index in [4.69, 9.17) is 10.5 Å². The molecule has 0 amide bonds. The van der Waals surface area contributed by atoms with Crippen LogP contribution in [0.15, 0.2) is 4.99 Å². The monoisotopic (exact) mass is 279 g/mol. The highest BCUT2D eigenvalue weighted by Crippen LogP contribution is 2.48. The van der Waals surface area contributed by atoms with Gasteiger partial charge in [-0.1, -0.05) is 20.8 Å². The zero-order valence-electron chi connectivity index (χ0n) is 13.2. The highest BCUT2D eigenvalue weighted by atomic mass is 16.5. The van der Waals surface area contributed by atoms with Crippen LogP contribution < -0.4 is 5.73 Å². The number of aliphatic imine (C=N–C) groups is 1. The summed E-state index contributed by atoms with van der Waals surface area (Å²) in [5, 5.41) is 0. The van der Waals surface area contributed by atoms with Gasteiger partial charge in [-0.05, 0) is 43.4 Å². The molecule has 0 aromatic carbocycles. The smallest absolute Gasteiger partial charge is 0.191 e. The van der Waals surface area contributed by atoms with Gasteiger partial charge in [-0.15, -0.1) is 0 Å². The first-order chi connectivity index (χ1) is 9.43. The van der Waals surface area contributed by atoms with Gasteiger partial charge in [0.1, 0.15) is 0 Å². The van der Waals surface area contributed by atoms with Crippen LogP contribution >= 0.6 is 0 Å². The second kappa shape index (κ2) is 4.90. The summed E-state index contributed by atoms with van der Waals surface area (Å²) in [5.74, 6) is 1.38. The van der Waals surface area contributed by atoms with E-state index in [1.165, 1.54) is 32.1 Å². The molecular weight excluding hydrogens is 250 g/mol. The number of ether oxygens (including phenoxy) is 1. The minimum Gasteiger partial charge on any atom is -0.376 e. The molecule has 3 rings (SSSR count). The molecule has 2 fully saturated rings. The zero-order chi connectivity index (χ0) is 14.4. The van der Waals surface area contributed by atoms with Crippen molar-refractivity contribution in [3.63, 3.8) is 0 Å². The van der Waals surface area contributed by atoms with Crippen molar-refractivity contribution >= 4 is 5.96 Å². The molecule has 1 saturated heterocycles. The van der Waals surface area contributed by atoms with Crippen molar-refractivity contribution < 1.29 is 4.74 Å². The quantitative estimate of drug-likeness (QED) is 0.844. The summed E-state index contributed by atoms with van der Waals surface area (Å²) in [5.41, 5.74) is 6.83. The van der Waals surface area contributed by atoms with Crippen LogP contribution in [-0.2, 0) is 4.74 Å². The van der Waals surface area contributed by atoms with Crippen LogP contribution in [0.1, 0.15) is 52.9 Å². The van der Waals surface area contributed by atoms with Crippen molar-refractivity contribution in [2.45, 2.75) is 64.5 Å². The Morgan fingerprint density at radius 3 is 2.85 bits per heavy atom. The maximum Gasteiger partial charge on any atom is 0.191 e. The summed E-state index contributed by atoms with van der Waals surface area (Å²) in [6, 6.07) is 0. The molecule has 2 N–H and O–H groups in total. The molecule has 3 unspecified atom stereocenters. The van der Waals surface area contributed by atoms with Gasteiger partial charge in [-0.3, -0.25) is 4.99 Å². The van der Waals surface area contributed by atoms with Gasteiger partial charge in [-0.25, -0.2) is 0 Å². The van der Waals surface area contributed by atoms with Crippen LogP contribution in [-0.4, -0.2) is 42.2 Å². The van der Waals surface area contributed by atoms with E-state index in [-0.39, 0.29) is 5.54 Å². The van der Waals surface area contributed by atoms with Crippen LogP contribution in [0.5, 0.6) is 0 Å². The second-order valence-electron chi connectivity index (χ2n) is 7.79. The average Bonchev–Trinajstić information content (AvgIpc) is 2.97. The minimum absolute atomic E-state index is 0.158. The summed E-state index contributed by atoms with van der Waals surface area (Å²) >= 11 is 0. The van der Waals surface area contributed by atoms with Gasteiger partial charge in [0.15, 0.2) is 5.96 Å². The Morgan fingerprint density at radius 1 is 1.40 bits per heavy atom. The third-order valence-corrected chi connectivity index (χ3v) is 5.75. The van der Waals surface area contributed by atoms with Crippen molar-refractivity contribution in [1.82, 2.24) is 4.90 Å². The largest absolute Gasteiger partial charge is 0.376 e. The van der Waals surface area contributed by atoms with Crippen LogP contribution in [0.2, 0.25) is 0 Å². The lowest BCUT2D eigenvalue weighted by Gasteiger charge is -2.51. The van der Waals surface area contributed by atoms with Gasteiger partial charge in [0.05, 0.1) is 18.2 Å². The Balaban J connectivity index is 1.77. The van der Waals surface area contributed by atoms with E-state index in [1.54, 1.807) is 0 Å². The fourth-order valence-corrected chi connectivity index (χ4v) is 4.44. The molecule has 2 aliphatic heterocycles. The SMILES string of the molecule is CC1CC(C)(C)CCC12CN=C(N)N2CC1CCCO1. The zero-order valence-corrected chi connectivity index (χ0v) is 13.2. The number of guanidine groups is 1. The van der Waals surface area contributed by atoms with E-state index in [2.05, 4.69) is 30.7 Å². The summed E-state index contributed by atoms with van der Waals surface area (Å²) in [6.45, 7) is 9.88. The molecule has 3 aliphatic rings. The predicted octanol–water partition coefficient (Wildman–Crippen LogP) is 2.38. The maximum absolute atomic E-state index is 6.21. The van der Waals surface area contributed by atoms with Crippen molar-refractivity contribution in [3.05, 3.63) is 0 Å². The Hall–Kier alpha value is -0.770. The van der Waals surface area contributed by atoms with E-state index in [9.17, 15) is 0 Å². The fourth-order valence-electron chi connectivity index (χ4n) is 4.44. The molecule has 0 aromatic heterocycles. The summed E-state index contributed by atoms with van der Waals surface area (Å²) in [6.07, 6.45) is 6.43. The number of nitrogens with zero attached hydrogens (tertiary/aromatic N) is 2. The van der Waals surface area contributed by atoms with Gasteiger partial charge in [0.25, 0.3) is 0 Å².